The molecule has 6 heteroatoms. The van der Waals surface area contributed by atoms with E-state index in [0.717, 1.165) is 0 Å². The molecule has 0 saturated carbocycles. The molecular formula is C29H21FN2O3. The number of para-hydroxylation sites is 2. The highest BCUT2D eigenvalue weighted by Crippen LogP contribution is 2.57. The Morgan fingerprint density at radius 3 is 1.83 bits per heavy atom. The maximum absolute atomic E-state index is 14.5. The molecule has 2 fully saturated rings. The van der Waals surface area contributed by atoms with Crippen molar-refractivity contribution in [2.45, 2.75) is 17.6 Å². The van der Waals surface area contributed by atoms with Gasteiger partial charge in [0.25, 0.3) is 5.91 Å². The normalized spacial score (nSPS) is 23.6. The molecule has 0 radical (unpaired) electrons. The molecule has 2 aliphatic rings. The van der Waals surface area contributed by atoms with Crippen LogP contribution in [-0.4, -0.2) is 17.9 Å². The summed E-state index contributed by atoms with van der Waals surface area (Å²) in [5, 5.41) is 1.63. The highest BCUT2D eigenvalue weighted by Gasteiger charge is 2.72. The summed E-state index contributed by atoms with van der Waals surface area (Å²) in [6.07, 6.45) is -1.10. The fourth-order valence-electron chi connectivity index (χ4n) is 5.25. The Morgan fingerprint density at radius 2 is 1.23 bits per heavy atom. The lowest BCUT2D eigenvalue weighted by molar-refractivity contribution is -0.126. The van der Waals surface area contributed by atoms with E-state index in [1.54, 1.807) is 41.5 Å². The third-order valence-electron chi connectivity index (χ3n) is 6.76. The first-order valence-corrected chi connectivity index (χ1v) is 11.4. The molecule has 4 aromatic carbocycles. The molecule has 35 heavy (non-hydrogen) atoms. The van der Waals surface area contributed by atoms with Gasteiger partial charge in [-0.1, -0.05) is 78.9 Å². The highest BCUT2D eigenvalue weighted by atomic mass is 19.1. The fraction of sp³-hybridized carbons (Fsp3) is 0.103. The number of halogens is 1. The second kappa shape index (κ2) is 8.18. The number of hydroxylamine groups is 1. The summed E-state index contributed by atoms with van der Waals surface area (Å²) in [5.74, 6) is -1.20. The van der Waals surface area contributed by atoms with Crippen LogP contribution in [0.1, 0.15) is 17.2 Å². The third kappa shape index (κ3) is 3.11. The zero-order valence-corrected chi connectivity index (χ0v) is 18.6. The number of hydrogen-bond donors (Lipinski definition) is 0. The first-order chi connectivity index (χ1) is 17.1. The van der Waals surface area contributed by atoms with Crippen LogP contribution in [0.5, 0.6) is 0 Å². The maximum atomic E-state index is 14.5. The van der Waals surface area contributed by atoms with Crippen molar-refractivity contribution < 1.29 is 18.8 Å². The Balaban J connectivity index is 1.62. The van der Waals surface area contributed by atoms with E-state index in [1.165, 1.54) is 17.0 Å². The number of carbonyl (C=O) groups is 2. The summed E-state index contributed by atoms with van der Waals surface area (Å²) < 4.78 is 13.9. The smallest absolute Gasteiger partial charge is 0.267 e. The Morgan fingerprint density at radius 1 is 0.686 bits per heavy atom. The molecule has 0 bridgehead atoms. The number of hydrogen-bond acceptors (Lipinski definition) is 4. The monoisotopic (exact) mass is 464 g/mol. The van der Waals surface area contributed by atoms with E-state index in [2.05, 4.69) is 0 Å². The number of benzene rings is 4. The van der Waals surface area contributed by atoms with Gasteiger partial charge in [-0.2, -0.15) is 0 Å². The van der Waals surface area contributed by atoms with Crippen molar-refractivity contribution >= 4 is 23.2 Å². The van der Waals surface area contributed by atoms with Crippen molar-refractivity contribution in [2.75, 3.05) is 9.96 Å². The van der Waals surface area contributed by atoms with Crippen LogP contribution in [0.15, 0.2) is 115 Å². The molecular weight excluding hydrogens is 443 g/mol. The predicted molar refractivity (Wildman–Crippen MR) is 130 cm³/mol. The number of nitrogens with zero attached hydrogens (tertiary/aromatic N) is 2. The van der Waals surface area contributed by atoms with Gasteiger partial charge in [0, 0.05) is 0 Å². The number of anilines is 2. The number of imide groups is 1. The summed E-state index contributed by atoms with van der Waals surface area (Å²) in [6.45, 7) is 0. The lowest BCUT2D eigenvalue weighted by atomic mass is 9.69. The van der Waals surface area contributed by atoms with Crippen LogP contribution < -0.4 is 9.96 Å². The molecule has 6 rings (SSSR count). The number of fused-ring (bicyclic) bond motifs is 1. The molecule has 172 valence electrons. The SMILES string of the molecule is O=C1C2ON(c3ccccc3)C(c3ccc(F)cc3)C2(c2ccccc2)C(=O)N1c1ccccc1. The first kappa shape index (κ1) is 21.3. The summed E-state index contributed by atoms with van der Waals surface area (Å²) in [6, 6.07) is 32.8. The Bertz CT molecular complexity index is 1380. The lowest BCUT2D eigenvalue weighted by Crippen LogP contribution is -2.46. The average molecular weight is 464 g/mol. The van der Waals surface area contributed by atoms with Gasteiger partial charge in [-0.25, -0.2) is 14.4 Å². The van der Waals surface area contributed by atoms with Gasteiger partial charge in [-0.05, 0) is 47.5 Å². The molecule has 2 saturated heterocycles. The number of amides is 2. The average Bonchev–Trinajstić information content (AvgIpc) is 3.37. The van der Waals surface area contributed by atoms with Crippen LogP contribution >= 0.6 is 0 Å². The second-order valence-electron chi connectivity index (χ2n) is 8.65. The third-order valence-corrected chi connectivity index (χ3v) is 6.76. The Hall–Kier alpha value is -4.29. The van der Waals surface area contributed by atoms with Crippen LogP contribution in [-0.2, 0) is 19.8 Å². The van der Waals surface area contributed by atoms with Crippen LogP contribution in [0.3, 0.4) is 0 Å². The van der Waals surface area contributed by atoms with Crippen molar-refractivity contribution in [2.24, 2.45) is 0 Å². The van der Waals surface area contributed by atoms with Crippen LogP contribution in [0.25, 0.3) is 0 Å². The molecule has 0 N–H and O–H groups in total. The van der Waals surface area contributed by atoms with E-state index in [-0.39, 0.29) is 11.7 Å². The summed E-state index contributed by atoms with van der Waals surface area (Å²) >= 11 is 0. The highest BCUT2D eigenvalue weighted by molar-refractivity contribution is 6.28. The fourth-order valence-corrected chi connectivity index (χ4v) is 5.25. The van der Waals surface area contributed by atoms with Crippen molar-refractivity contribution in [1.82, 2.24) is 0 Å². The van der Waals surface area contributed by atoms with Crippen molar-refractivity contribution in [3.8, 4) is 0 Å². The standard InChI is InChI=1S/C29H21FN2O3/c30-22-18-16-20(17-19-22)25-29(21-10-4-1-5-11-21)26(35-32(25)24-14-8-3-9-15-24)27(33)31(28(29)34)23-12-6-2-7-13-23/h1-19,25-26H. The first-order valence-electron chi connectivity index (χ1n) is 11.4. The van der Waals surface area contributed by atoms with Gasteiger partial charge in [0.2, 0.25) is 5.91 Å². The molecule has 2 heterocycles. The van der Waals surface area contributed by atoms with Gasteiger partial charge in [-0.15, -0.1) is 0 Å². The van der Waals surface area contributed by atoms with Crippen molar-refractivity contribution in [1.29, 1.82) is 0 Å². The van der Waals surface area contributed by atoms with E-state index < -0.39 is 23.5 Å². The molecule has 3 atom stereocenters. The zero-order valence-electron chi connectivity index (χ0n) is 18.6. The van der Waals surface area contributed by atoms with Gasteiger partial charge in [0.15, 0.2) is 6.10 Å². The minimum Gasteiger partial charge on any atom is -0.273 e. The van der Waals surface area contributed by atoms with Crippen LogP contribution in [0.4, 0.5) is 15.8 Å². The molecule has 3 unspecified atom stereocenters. The molecule has 2 aliphatic heterocycles. The molecule has 0 aliphatic carbocycles. The Kier molecular flexibility index (Phi) is 4.97. The van der Waals surface area contributed by atoms with E-state index in [4.69, 9.17) is 4.84 Å². The zero-order chi connectivity index (χ0) is 24.0. The van der Waals surface area contributed by atoms with Crippen LogP contribution in [0.2, 0.25) is 0 Å². The minimum atomic E-state index is -1.39. The second-order valence-corrected chi connectivity index (χ2v) is 8.65. The number of rotatable bonds is 4. The van der Waals surface area contributed by atoms with Gasteiger partial charge in [0.05, 0.1) is 11.4 Å². The molecule has 0 spiro atoms. The minimum absolute atomic E-state index is 0.377. The van der Waals surface area contributed by atoms with E-state index >= 15 is 0 Å². The number of carbonyl (C=O) groups excluding carboxylic acids is 2. The summed E-state index contributed by atoms with van der Waals surface area (Å²) in [5.41, 5.74) is 1.12. The molecule has 4 aromatic rings. The lowest BCUT2D eigenvalue weighted by Gasteiger charge is -2.35. The topological polar surface area (TPSA) is 49.9 Å². The van der Waals surface area contributed by atoms with Gasteiger partial charge in [0.1, 0.15) is 17.3 Å². The van der Waals surface area contributed by atoms with E-state index in [9.17, 15) is 14.0 Å². The van der Waals surface area contributed by atoms with Crippen molar-refractivity contribution in [3.63, 3.8) is 0 Å². The van der Waals surface area contributed by atoms with Gasteiger partial charge >= 0.3 is 0 Å². The molecule has 2 amide bonds. The summed E-state index contributed by atoms with van der Waals surface area (Å²) in [4.78, 5) is 36.0. The van der Waals surface area contributed by atoms with E-state index in [0.29, 0.717) is 22.5 Å². The summed E-state index contributed by atoms with van der Waals surface area (Å²) in [7, 11) is 0. The predicted octanol–water partition coefficient (Wildman–Crippen LogP) is 5.20. The van der Waals surface area contributed by atoms with Gasteiger partial charge in [-0.3, -0.25) is 14.4 Å². The van der Waals surface area contributed by atoms with Crippen LogP contribution in [0, 0.1) is 5.82 Å². The largest absolute Gasteiger partial charge is 0.273 e. The molecule has 5 nitrogen and oxygen atoms in total. The van der Waals surface area contributed by atoms with E-state index in [1.807, 2.05) is 66.7 Å². The quantitative estimate of drug-likeness (QED) is 0.390. The van der Waals surface area contributed by atoms with Crippen molar-refractivity contribution in [3.05, 3.63) is 132 Å². The van der Waals surface area contributed by atoms with Gasteiger partial charge < -0.3 is 0 Å². The maximum Gasteiger partial charge on any atom is 0.267 e. The Labute approximate surface area is 201 Å². The molecule has 0 aromatic heterocycles.